The van der Waals surface area contributed by atoms with Gasteiger partial charge in [0.1, 0.15) is 12.1 Å². The smallest absolute Gasteiger partial charge is 0.407 e. The predicted octanol–water partition coefficient (Wildman–Crippen LogP) is 3.31. The summed E-state index contributed by atoms with van der Waals surface area (Å²) in [6.45, 7) is 6.67. The van der Waals surface area contributed by atoms with Gasteiger partial charge in [0.2, 0.25) is 17.6 Å². The Bertz CT molecular complexity index is 1160. The van der Waals surface area contributed by atoms with Crippen molar-refractivity contribution >= 4 is 39.3 Å². The third-order valence-corrected chi connectivity index (χ3v) is 9.87. The van der Waals surface area contributed by atoms with Gasteiger partial charge in [-0.1, -0.05) is 51.4 Å². The summed E-state index contributed by atoms with van der Waals surface area (Å²) >= 11 is 0. The first-order chi connectivity index (χ1) is 21.9. The zero-order chi connectivity index (χ0) is 35.2. The van der Waals surface area contributed by atoms with Crippen molar-refractivity contribution in [3.05, 3.63) is 0 Å². The molecule has 0 heterocycles. The highest BCUT2D eigenvalue weighted by molar-refractivity contribution is 7.91. The fraction of sp³-hybridized carbons (Fsp3) is 0.848. The van der Waals surface area contributed by atoms with E-state index in [1.54, 1.807) is 20.8 Å². The predicted molar refractivity (Wildman–Crippen MR) is 180 cm³/mol. The van der Waals surface area contributed by atoms with Crippen LogP contribution in [0.15, 0.2) is 0 Å². The van der Waals surface area contributed by atoms with E-state index in [4.69, 9.17) is 9.52 Å². The van der Waals surface area contributed by atoms with Crippen LogP contribution in [0.4, 0.5) is 4.79 Å². The maximum atomic E-state index is 13.6. The number of ketones is 1. The van der Waals surface area contributed by atoms with Gasteiger partial charge in [-0.15, -0.1) is 0 Å². The molecule has 0 aliphatic heterocycles. The van der Waals surface area contributed by atoms with Crippen LogP contribution in [-0.4, -0.2) is 87.3 Å². The second kappa shape index (κ2) is 19.3. The lowest BCUT2D eigenvalue weighted by Crippen LogP contribution is -2.60. The summed E-state index contributed by atoms with van der Waals surface area (Å²) in [7, 11) is -2.88. The van der Waals surface area contributed by atoms with Gasteiger partial charge < -0.3 is 31.1 Å². The van der Waals surface area contributed by atoms with Crippen molar-refractivity contribution in [3.63, 3.8) is 0 Å². The number of rotatable bonds is 17. The number of aliphatic hydroxyl groups is 1. The number of Topliss-reactive ketones (excluding diaryl/α,β-unsaturated/α-hetero) is 1. The molecule has 0 aromatic heterocycles. The Kier molecular flexibility index (Phi) is 16.6. The van der Waals surface area contributed by atoms with Crippen molar-refractivity contribution in [2.24, 2.45) is 11.8 Å². The zero-order valence-corrected chi connectivity index (χ0v) is 29.8. The summed E-state index contributed by atoms with van der Waals surface area (Å²) in [5.74, 6) is -2.78. The summed E-state index contributed by atoms with van der Waals surface area (Å²) in [6, 6.07) is -3.87. The minimum Gasteiger partial charge on any atom is -0.449 e. The Labute approximate surface area is 280 Å². The largest absolute Gasteiger partial charge is 0.449 e. The fourth-order valence-corrected chi connectivity index (χ4v) is 6.91. The van der Waals surface area contributed by atoms with Gasteiger partial charge in [0.25, 0.3) is 5.91 Å². The molecule has 0 aromatic carbocycles. The van der Waals surface area contributed by atoms with Crippen molar-refractivity contribution in [1.29, 1.82) is 4.78 Å². The van der Waals surface area contributed by atoms with E-state index in [9.17, 15) is 33.3 Å². The fourth-order valence-electron chi connectivity index (χ4n) is 6.19. The Morgan fingerprint density at radius 3 is 1.96 bits per heavy atom. The van der Waals surface area contributed by atoms with E-state index in [0.29, 0.717) is 24.7 Å². The summed E-state index contributed by atoms with van der Waals surface area (Å²) in [5, 5.41) is 20.8. The van der Waals surface area contributed by atoms with Crippen molar-refractivity contribution in [3.8, 4) is 0 Å². The third-order valence-electron chi connectivity index (χ3n) is 8.81. The summed E-state index contributed by atoms with van der Waals surface area (Å²) < 4.78 is 25.0. The second-order valence-electron chi connectivity index (χ2n) is 14.6. The molecule has 2 rings (SSSR count). The van der Waals surface area contributed by atoms with Gasteiger partial charge >= 0.3 is 6.09 Å². The van der Waals surface area contributed by atoms with Crippen LogP contribution in [0, 0.1) is 16.6 Å². The molecule has 0 radical (unpaired) electrons. The van der Waals surface area contributed by atoms with Crippen LogP contribution in [0.3, 0.4) is 0 Å². The average molecular weight is 686 g/mol. The molecule has 5 atom stereocenters. The molecule has 3 unspecified atom stereocenters. The minimum atomic E-state index is -2.88. The summed E-state index contributed by atoms with van der Waals surface area (Å²) in [6.07, 6.45) is 11.1. The molecule has 2 saturated carbocycles. The molecule has 2 aliphatic rings. The molecule has 47 heavy (non-hydrogen) atoms. The number of alkyl carbamates (subject to hydrolysis) is 1. The lowest BCUT2D eigenvalue weighted by molar-refractivity contribution is -0.141. The first-order valence-corrected chi connectivity index (χ1v) is 19.4. The number of ether oxygens (including phenoxy) is 1. The van der Waals surface area contributed by atoms with Crippen molar-refractivity contribution in [2.75, 3.05) is 18.6 Å². The Morgan fingerprint density at radius 1 is 0.851 bits per heavy atom. The van der Waals surface area contributed by atoms with E-state index in [0.717, 1.165) is 51.4 Å². The van der Waals surface area contributed by atoms with Crippen molar-refractivity contribution < 1.29 is 38.0 Å². The SMILES string of the molecule is C[C@@H](O)[C@H](NC(=O)C(CCC1CCCCC1)NC(=O)OCC1CCCCC1)C(=O)NC(CCCS(C)(=N)=O)C(=O)C(=O)NC(C)(C)C. The van der Waals surface area contributed by atoms with Crippen LogP contribution in [0.2, 0.25) is 0 Å². The Balaban J connectivity index is 2.16. The van der Waals surface area contributed by atoms with Gasteiger partial charge in [0.15, 0.2) is 0 Å². The first-order valence-electron chi connectivity index (χ1n) is 17.2. The van der Waals surface area contributed by atoms with Crippen molar-refractivity contribution in [2.45, 2.75) is 147 Å². The topological polar surface area (TPSA) is 204 Å². The van der Waals surface area contributed by atoms with E-state index >= 15 is 0 Å². The molecule has 6 N–H and O–H groups in total. The molecule has 0 bridgehead atoms. The van der Waals surface area contributed by atoms with Gasteiger partial charge in [-0.3, -0.25) is 28.2 Å². The highest BCUT2D eigenvalue weighted by Gasteiger charge is 2.35. The number of aliphatic hydroxyl groups excluding tert-OH is 1. The zero-order valence-electron chi connectivity index (χ0n) is 29.0. The molecule has 4 amide bonds. The molecule has 0 aromatic rings. The summed E-state index contributed by atoms with van der Waals surface area (Å²) in [4.78, 5) is 65.7. The summed E-state index contributed by atoms with van der Waals surface area (Å²) in [5.41, 5.74) is -0.729. The minimum absolute atomic E-state index is 0.0463. The van der Waals surface area contributed by atoms with Gasteiger partial charge in [0, 0.05) is 27.3 Å². The number of amides is 4. The van der Waals surface area contributed by atoms with E-state index in [1.165, 1.54) is 26.0 Å². The number of hydrogen-bond acceptors (Lipinski definition) is 9. The molecule has 0 saturated heterocycles. The number of carbonyl (C=O) groups excluding carboxylic acids is 5. The van der Waals surface area contributed by atoms with Crippen LogP contribution in [-0.2, 0) is 33.6 Å². The maximum Gasteiger partial charge on any atom is 0.407 e. The third kappa shape index (κ3) is 16.3. The van der Waals surface area contributed by atoms with Crippen molar-refractivity contribution in [1.82, 2.24) is 21.3 Å². The van der Waals surface area contributed by atoms with Crippen LogP contribution in [0.1, 0.15) is 118 Å². The van der Waals surface area contributed by atoms with Crippen LogP contribution in [0.25, 0.3) is 0 Å². The highest BCUT2D eigenvalue weighted by atomic mass is 32.2. The Hall–Kier alpha value is -2.74. The lowest BCUT2D eigenvalue weighted by atomic mass is 9.85. The number of nitrogens with one attached hydrogen (secondary N) is 5. The van der Waals surface area contributed by atoms with Crippen LogP contribution in [0.5, 0.6) is 0 Å². The number of carbonyl (C=O) groups is 5. The van der Waals surface area contributed by atoms with Crippen LogP contribution >= 0.6 is 0 Å². The first kappa shape index (κ1) is 40.4. The van der Waals surface area contributed by atoms with E-state index in [1.807, 2.05) is 0 Å². The van der Waals surface area contributed by atoms with E-state index in [2.05, 4.69) is 21.3 Å². The van der Waals surface area contributed by atoms with E-state index in [-0.39, 0.29) is 25.2 Å². The molecule has 14 heteroatoms. The molecular weight excluding hydrogens is 626 g/mol. The number of hydrogen-bond donors (Lipinski definition) is 6. The van der Waals surface area contributed by atoms with Gasteiger partial charge in [-0.05, 0) is 78.1 Å². The quantitative estimate of drug-likeness (QED) is 0.125. The Morgan fingerprint density at radius 2 is 1.43 bits per heavy atom. The normalized spacial score (nSPS) is 20.0. The second-order valence-corrected chi connectivity index (χ2v) is 17.0. The molecule has 2 aliphatic carbocycles. The van der Waals surface area contributed by atoms with E-state index < -0.39 is 69.1 Å². The van der Waals surface area contributed by atoms with Crippen LogP contribution < -0.4 is 21.3 Å². The monoisotopic (exact) mass is 685 g/mol. The molecule has 270 valence electrons. The van der Waals surface area contributed by atoms with Gasteiger partial charge in [-0.25, -0.2) is 4.79 Å². The lowest BCUT2D eigenvalue weighted by Gasteiger charge is -2.28. The van der Waals surface area contributed by atoms with Gasteiger partial charge in [0.05, 0.1) is 18.8 Å². The molecule has 0 spiro atoms. The molecule has 2 fully saturated rings. The standard InChI is InChI=1S/C33H59N5O8S/c1-22(39)27(30(42)35-25(17-12-20-47(5,34)45)28(40)31(43)38-33(2,3)4)37-29(41)26(19-18-23-13-8-6-9-14-23)36-32(44)46-21-24-15-10-7-11-16-24/h22-27,34,39H,6-21H2,1-5H3,(H,35,42)(H,36,44)(H,37,41)(H,38,43)/t22-,25?,26?,27+,47?/m1/s1. The van der Waals surface area contributed by atoms with Gasteiger partial charge in [-0.2, -0.15) is 0 Å². The molecular formula is C33H59N5O8S. The maximum absolute atomic E-state index is 13.6. The average Bonchev–Trinajstić information content (AvgIpc) is 2.99. The molecule has 13 nitrogen and oxygen atoms in total. The highest BCUT2D eigenvalue weighted by Crippen LogP contribution is 2.28.